The maximum absolute atomic E-state index is 14.8. The summed E-state index contributed by atoms with van der Waals surface area (Å²) in [6.45, 7) is 0.492. The lowest BCUT2D eigenvalue weighted by Gasteiger charge is -2.41. The van der Waals surface area contributed by atoms with E-state index in [1.54, 1.807) is 0 Å². The Kier molecular flexibility index (Phi) is 7.90. The van der Waals surface area contributed by atoms with Crippen molar-refractivity contribution in [2.24, 2.45) is 5.92 Å². The van der Waals surface area contributed by atoms with Crippen molar-refractivity contribution in [3.63, 3.8) is 0 Å². The molecule has 3 aromatic rings. The van der Waals surface area contributed by atoms with Crippen molar-refractivity contribution < 1.29 is 32.2 Å². The Balaban J connectivity index is 1.43. The van der Waals surface area contributed by atoms with E-state index in [9.17, 15) is 37.4 Å². The molecule has 4 N–H and O–H groups in total. The molecule has 9 nitrogen and oxygen atoms in total. The average molecular weight is 630 g/mol. The van der Waals surface area contributed by atoms with Gasteiger partial charge >= 0.3 is 0 Å². The number of hydrogen-bond acceptors (Lipinski definition) is 7. The first kappa shape index (κ1) is 30.5. The van der Waals surface area contributed by atoms with Crippen LogP contribution in [0, 0.1) is 23.1 Å². The molecule has 1 amide bonds. The van der Waals surface area contributed by atoms with E-state index in [4.69, 9.17) is 5.10 Å². The Hall–Kier alpha value is -3.57. The number of amides is 1. The molecule has 6 rings (SSSR count). The minimum Gasteiger partial charge on any atom is -0.390 e. The molecule has 0 bridgehead atoms. The summed E-state index contributed by atoms with van der Waals surface area (Å²) >= 11 is 0. The van der Waals surface area contributed by atoms with Gasteiger partial charge in [-0.15, -0.1) is 0 Å². The molecule has 2 atom stereocenters. The van der Waals surface area contributed by atoms with Gasteiger partial charge < -0.3 is 15.3 Å². The minimum absolute atomic E-state index is 0.0405. The molecule has 0 unspecified atom stereocenters. The summed E-state index contributed by atoms with van der Waals surface area (Å²) in [5, 5.41) is 27.7. The summed E-state index contributed by atoms with van der Waals surface area (Å²) < 4.78 is 64.8. The van der Waals surface area contributed by atoms with E-state index < -0.39 is 65.1 Å². The molecule has 2 aromatic carbocycles. The fourth-order valence-corrected chi connectivity index (χ4v) is 7.50. The number of aliphatic hydroxyl groups excluding tert-OH is 1. The maximum atomic E-state index is 14.8. The van der Waals surface area contributed by atoms with Crippen LogP contribution in [-0.4, -0.2) is 66.0 Å². The number of aromatic nitrogens is 2. The Bertz CT molecular complexity index is 1580. The third-order valence-electron chi connectivity index (χ3n) is 8.97. The van der Waals surface area contributed by atoms with Gasteiger partial charge in [-0.3, -0.25) is 13.9 Å². The van der Waals surface area contributed by atoms with Crippen molar-refractivity contribution in [2.45, 2.75) is 56.1 Å². The molecular weight excluding hydrogens is 595 g/mol. The molecule has 2 heterocycles. The molecule has 2 aliphatic carbocycles. The molecule has 234 valence electrons. The molecule has 1 saturated heterocycles. The standard InChI is InChI=1S/C31H34F3N5O4S/c32-21-3-7-23(8-4-21)39-26(18-40)27(20-1-5-22(6-2-20)38-13-15-44(42,43)16-14-38)28(37-39)24-9-10-31(33,34)17-25(24)29(41)36-30(19-35)11-12-30/h1-8,24-25,40,42-43H,9-18H2,(H,36,41)/t24-,25-/m1/s1. The number of hydrogen-bond donors (Lipinski definition) is 4. The van der Waals surface area contributed by atoms with E-state index in [0.717, 1.165) is 5.69 Å². The van der Waals surface area contributed by atoms with Gasteiger partial charge in [0.05, 0.1) is 47.2 Å². The van der Waals surface area contributed by atoms with Gasteiger partial charge in [-0.2, -0.15) is 21.0 Å². The van der Waals surface area contributed by atoms with Crippen molar-refractivity contribution in [1.82, 2.24) is 15.1 Å². The van der Waals surface area contributed by atoms with E-state index in [1.165, 1.54) is 28.9 Å². The molecule has 2 saturated carbocycles. The van der Waals surface area contributed by atoms with Crippen molar-refractivity contribution in [3.8, 4) is 22.9 Å². The lowest BCUT2D eigenvalue weighted by atomic mass is 9.73. The minimum atomic E-state index is -3.07. The van der Waals surface area contributed by atoms with Gasteiger partial charge in [0.1, 0.15) is 11.4 Å². The Morgan fingerprint density at radius 1 is 1.05 bits per heavy atom. The molecular formula is C31H34F3N5O4S. The van der Waals surface area contributed by atoms with Gasteiger partial charge in [0.25, 0.3) is 0 Å². The summed E-state index contributed by atoms with van der Waals surface area (Å²) in [4.78, 5) is 15.6. The zero-order valence-corrected chi connectivity index (χ0v) is 24.7. The quantitative estimate of drug-likeness (QED) is 0.274. The number of carbonyl (C=O) groups is 1. The van der Waals surface area contributed by atoms with Gasteiger partial charge in [0, 0.05) is 43.1 Å². The van der Waals surface area contributed by atoms with Crippen molar-refractivity contribution in [2.75, 3.05) is 29.5 Å². The van der Waals surface area contributed by atoms with E-state index in [1.807, 2.05) is 29.2 Å². The van der Waals surface area contributed by atoms with E-state index in [2.05, 4.69) is 11.4 Å². The Morgan fingerprint density at radius 3 is 2.27 bits per heavy atom. The Morgan fingerprint density at radius 2 is 1.68 bits per heavy atom. The summed E-state index contributed by atoms with van der Waals surface area (Å²) in [5.74, 6) is -5.49. The third-order valence-corrected chi connectivity index (χ3v) is 10.6. The molecule has 13 heteroatoms. The summed E-state index contributed by atoms with van der Waals surface area (Å²) in [5.41, 5.74) is 2.17. The van der Waals surface area contributed by atoms with Crippen LogP contribution in [0.25, 0.3) is 16.8 Å². The van der Waals surface area contributed by atoms with Crippen LogP contribution in [0.2, 0.25) is 0 Å². The van der Waals surface area contributed by atoms with E-state index in [0.29, 0.717) is 54.1 Å². The first-order valence-corrected chi connectivity index (χ1v) is 16.5. The normalized spacial score (nSPS) is 24.2. The van der Waals surface area contributed by atoms with Crippen LogP contribution in [0.1, 0.15) is 49.4 Å². The van der Waals surface area contributed by atoms with E-state index in [-0.39, 0.29) is 17.9 Å². The van der Waals surface area contributed by atoms with Crippen LogP contribution < -0.4 is 10.2 Å². The SMILES string of the molecule is N#CC1(NC(=O)[C@@H]2CC(F)(F)CC[C@H]2c2nn(-c3ccc(F)cc3)c(CO)c2-c2ccc(N3CCS(O)(O)CC3)cc2)CC1. The smallest absolute Gasteiger partial charge is 0.249 e. The van der Waals surface area contributed by atoms with Crippen LogP contribution in [0.15, 0.2) is 48.5 Å². The number of benzene rings is 2. The topological polar surface area (TPSA) is 135 Å². The van der Waals surface area contributed by atoms with Gasteiger partial charge in [0.15, 0.2) is 0 Å². The van der Waals surface area contributed by atoms with Gasteiger partial charge in [-0.25, -0.2) is 17.9 Å². The molecule has 1 aliphatic heterocycles. The second-order valence-corrected chi connectivity index (χ2v) is 14.4. The largest absolute Gasteiger partial charge is 0.390 e. The molecule has 0 spiro atoms. The number of nitrogens with zero attached hydrogens (tertiary/aromatic N) is 4. The number of alkyl halides is 2. The highest BCUT2D eigenvalue weighted by Crippen LogP contribution is 2.49. The highest BCUT2D eigenvalue weighted by Gasteiger charge is 2.51. The second kappa shape index (κ2) is 11.4. The van der Waals surface area contributed by atoms with Crippen LogP contribution in [0.4, 0.5) is 18.9 Å². The number of rotatable bonds is 7. The van der Waals surface area contributed by atoms with E-state index >= 15 is 0 Å². The monoisotopic (exact) mass is 629 g/mol. The predicted octanol–water partition coefficient (Wildman–Crippen LogP) is 5.43. The van der Waals surface area contributed by atoms with Gasteiger partial charge in [0.2, 0.25) is 11.8 Å². The fourth-order valence-electron chi connectivity index (χ4n) is 6.27. The van der Waals surface area contributed by atoms with Crippen molar-refractivity contribution in [3.05, 3.63) is 65.7 Å². The summed E-state index contributed by atoms with van der Waals surface area (Å²) in [6, 6.07) is 15.0. The highest BCUT2D eigenvalue weighted by atomic mass is 32.3. The fraction of sp³-hybridized carbons (Fsp3) is 0.452. The molecule has 44 heavy (non-hydrogen) atoms. The van der Waals surface area contributed by atoms with Crippen molar-refractivity contribution >= 4 is 22.2 Å². The summed E-state index contributed by atoms with van der Waals surface area (Å²) in [7, 11) is -2.57. The lowest BCUT2D eigenvalue weighted by molar-refractivity contribution is -0.134. The number of halogens is 3. The first-order valence-electron chi connectivity index (χ1n) is 14.6. The average Bonchev–Trinajstić information content (AvgIpc) is 3.67. The van der Waals surface area contributed by atoms with Crippen molar-refractivity contribution in [1.29, 1.82) is 5.26 Å². The highest BCUT2D eigenvalue weighted by molar-refractivity contribution is 8.24. The third kappa shape index (κ3) is 6.04. The second-order valence-electron chi connectivity index (χ2n) is 12.0. The number of nitriles is 1. The molecule has 1 aromatic heterocycles. The van der Waals surface area contributed by atoms with Crippen LogP contribution in [-0.2, 0) is 11.4 Å². The van der Waals surface area contributed by atoms with Crippen LogP contribution >= 0.6 is 10.6 Å². The first-order chi connectivity index (χ1) is 20.9. The summed E-state index contributed by atoms with van der Waals surface area (Å²) in [6.07, 6.45) is -0.263. The lowest BCUT2D eigenvalue weighted by Crippen LogP contribution is -2.45. The zero-order valence-electron chi connectivity index (χ0n) is 23.9. The zero-order chi connectivity index (χ0) is 31.3. The van der Waals surface area contributed by atoms with Crippen LogP contribution in [0.5, 0.6) is 0 Å². The van der Waals surface area contributed by atoms with Gasteiger partial charge in [-0.05, 0) is 61.2 Å². The molecule has 0 radical (unpaired) electrons. The van der Waals surface area contributed by atoms with Crippen LogP contribution in [0.3, 0.4) is 0 Å². The predicted molar refractivity (Wildman–Crippen MR) is 160 cm³/mol. The number of aliphatic hydroxyl groups is 1. The molecule has 3 aliphatic rings. The van der Waals surface area contributed by atoms with Gasteiger partial charge in [-0.1, -0.05) is 12.1 Å². The Labute approximate surface area is 254 Å². The maximum Gasteiger partial charge on any atom is 0.249 e. The molecule has 3 fully saturated rings. The number of carbonyl (C=O) groups excluding carboxylic acids is 1. The number of anilines is 1. The number of nitrogens with one attached hydrogen (secondary N) is 1.